The summed E-state index contributed by atoms with van der Waals surface area (Å²) in [6.07, 6.45) is 7.80. The van der Waals surface area contributed by atoms with Crippen molar-refractivity contribution in [2.45, 2.75) is 71.0 Å². The number of aliphatic hydroxyl groups is 2. The molecule has 0 spiro atoms. The minimum absolute atomic E-state index is 0.0900. The Morgan fingerprint density at radius 1 is 1.09 bits per heavy atom. The van der Waals surface area contributed by atoms with E-state index in [9.17, 15) is 15.0 Å². The van der Waals surface area contributed by atoms with E-state index in [4.69, 9.17) is 0 Å². The lowest BCUT2D eigenvalue weighted by atomic mass is 9.48. The van der Waals surface area contributed by atoms with Crippen LogP contribution in [-0.4, -0.2) is 28.2 Å². The molecule has 4 rings (SSSR count). The van der Waals surface area contributed by atoms with Crippen molar-refractivity contribution in [1.82, 2.24) is 0 Å². The molecule has 122 valence electrons. The van der Waals surface area contributed by atoms with Gasteiger partial charge in [-0.25, -0.2) is 0 Å². The Bertz CT molecular complexity index is 539. The first-order valence-corrected chi connectivity index (χ1v) is 8.94. The average Bonchev–Trinajstić information content (AvgIpc) is 2.75. The molecule has 4 aliphatic rings. The molecule has 22 heavy (non-hydrogen) atoms. The Labute approximate surface area is 132 Å². The van der Waals surface area contributed by atoms with Crippen LogP contribution >= 0.6 is 0 Å². The molecule has 3 nitrogen and oxygen atoms in total. The first-order valence-electron chi connectivity index (χ1n) is 8.94. The van der Waals surface area contributed by atoms with Crippen LogP contribution in [0.15, 0.2) is 11.6 Å². The van der Waals surface area contributed by atoms with Crippen LogP contribution in [0, 0.1) is 28.6 Å². The third-order valence-electron chi connectivity index (χ3n) is 7.67. The fourth-order valence-corrected chi connectivity index (χ4v) is 6.41. The fraction of sp³-hybridized carbons (Fsp3) is 0.842. The number of hydrogen-bond acceptors (Lipinski definition) is 3. The summed E-state index contributed by atoms with van der Waals surface area (Å²) in [6.45, 7) is 4.60. The summed E-state index contributed by atoms with van der Waals surface area (Å²) in [7, 11) is 0. The van der Waals surface area contributed by atoms with Gasteiger partial charge in [0.2, 0.25) is 0 Å². The van der Waals surface area contributed by atoms with Crippen molar-refractivity contribution in [3.05, 3.63) is 11.6 Å². The highest BCUT2D eigenvalue weighted by Gasteiger charge is 2.59. The van der Waals surface area contributed by atoms with Gasteiger partial charge in [0, 0.05) is 5.92 Å². The Hall–Kier alpha value is -0.670. The lowest BCUT2D eigenvalue weighted by Crippen LogP contribution is -2.52. The molecule has 0 aromatic rings. The van der Waals surface area contributed by atoms with Crippen molar-refractivity contribution in [3.8, 4) is 0 Å². The topological polar surface area (TPSA) is 57.5 Å². The second kappa shape index (κ2) is 4.67. The zero-order valence-corrected chi connectivity index (χ0v) is 13.7. The number of carbonyl (C=O) groups excluding carboxylic acids is 1. The van der Waals surface area contributed by atoms with Crippen LogP contribution < -0.4 is 0 Å². The summed E-state index contributed by atoms with van der Waals surface area (Å²) in [5.41, 5.74) is 1.43. The Balaban J connectivity index is 1.74. The van der Waals surface area contributed by atoms with Gasteiger partial charge >= 0.3 is 0 Å². The number of allylic oxidation sites excluding steroid dienone is 1. The standard InChI is InChI=1S/C19H28O3/c1-18-5-4-14-17(15(18)9-13(21)10-18)16(22)8-11-7-12(20)3-6-19(11,14)2/h8,12-15,17,20-21H,3-7,9-10H2,1-2H3. The highest BCUT2D eigenvalue weighted by molar-refractivity contribution is 5.94. The second-order valence-corrected chi connectivity index (χ2v) is 8.91. The molecule has 3 saturated carbocycles. The molecular weight excluding hydrogens is 276 g/mol. The minimum Gasteiger partial charge on any atom is -0.393 e. The van der Waals surface area contributed by atoms with Crippen molar-refractivity contribution < 1.29 is 15.0 Å². The number of fused-ring (bicyclic) bond motifs is 5. The van der Waals surface area contributed by atoms with E-state index in [1.807, 2.05) is 6.08 Å². The molecule has 7 atom stereocenters. The molecule has 0 radical (unpaired) electrons. The molecule has 3 heteroatoms. The van der Waals surface area contributed by atoms with Crippen LogP contribution in [-0.2, 0) is 4.79 Å². The molecule has 0 amide bonds. The predicted molar refractivity (Wildman–Crippen MR) is 84.1 cm³/mol. The molecule has 4 aliphatic carbocycles. The lowest BCUT2D eigenvalue weighted by molar-refractivity contribution is -0.133. The first-order chi connectivity index (χ1) is 10.3. The molecule has 7 unspecified atom stereocenters. The smallest absolute Gasteiger partial charge is 0.159 e. The number of aliphatic hydroxyl groups excluding tert-OH is 2. The highest BCUT2D eigenvalue weighted by Crippen LogP contribution is 2.63. The van der Waals surface area contributed by atoms with Gasteiger partial charge in [-0.05, 0) is 73.7 Å². The Morgan fingerprint density at radius 3 is 2.64 bits per heavy atom. The van der Waals surface area contributed by atoms with Gasteiger partial charge in [-0.3, -0.25) is 4.79 Å². The fourth-order valence-electron chi connectivity index (χ4n) is 6.41. The van der Waals surface area contributed by atoms with E-state index < -0.39 is 0 Å². The summed E-state index contributed by atoms with van der Waals surface area (Å²) in [5, 5.41) is 20.2. The Kier molecular flexibility index (Phi) is 3.16. The van der Waals surface area contributed by atoms with E-state index in [2.05, 4.69) is 13.8 Å². The number of rotatable bonds is 0. The van der Waals surface area contributed by atoms with Crippen molar-refractivity contribution >= 4 is 5.78 Å². The molecule has 0 bridgehead atoms. The van der Waals surface area contributed by atoms with Gasteiger partial charge in [0.05, 0.1) is 12.2 Å². The van der Waals surface area contributed by atoms with Crippen molar-refractivity contribution in [2.24, 2.45) is 28.6 Å². The van der Waals surface area contributed by atoms with E-state index >= 15 is 0 Å². The van der Waals surface area contributed by atoms with Crippen LogP contribution in [0.4, 0.5) is 0 Å². The third kappa shape index (κ3) is 1.91. The van der Waals surface area contributed by atoms with E-state index in [0.717, 1.165) is 38.5 Å². The summed E-state index contributed by atoms with van der Waals surface area (Å²) in [6, 6.07) is 0. The summed E-state index contributed by atoms with van der Waals surface area (Å²) < 4.78 is 0. The van der Waals surface area contributed by atoms with Crippen LogP contribution in [0.1, 0.15) is 58.8 Å². The predicted octanol–water partition coefficient (Wildman–Crippen LogP) is 2.85. The SMILES string of the molecule is CC12CCC3C(C(=O)C=C4CC(O)CCC43C)C1CC(O)C2. The second-order valence-electron chi connectivity index (χ2n) is 8.91. The van der Waals surface area contributed by atoms with Crippen LogP contribution in [0.3, 0.4) is 0 Å². The monoisotopic (exact) mass is 304 g/mol. The molecule has 0 aliphatic heterocycles. The zero-order valence-electron chi connectivity index (χ0n) is 13.7. The van der Waals surface area contributed by atoms with Gasteiger partial charge in [0.1, 0.15) is 0 Å². The molecule has 0 saturated heterocycles. The zero-order chi connectivity index (χ0) is 15.7. The first kappa shape index (κ1) is 14.9. The van der Waals surface area contributed by atoms with Gasteiger partial charge in [0.15, 0.2) is 5.78 Å². The molecule has 2 N–H and O–H groups in total. The van der Waals surface area contributed by atoms with E-state index in [1.165, 1.54) is 5.57 Å². The van der Waals surface area contributed by atoms with Gasteiger partial charge in [-0.2, -0.15) is 0 Å². The molecule has 3 fully saturated rings. The summed E-state index contributed by atoms with van der Waals surface area (Å²) in [5.74, 6) is 1.13. The highest BCUT2D eigenvalue weighted by atomic mass is 16.3. The van der Waals surface area contributed by atoms with Crippen LogP contribution in [0.5, 0.6) is 0 Å². The number of ketones is 1. The lowest BCUT2D eigenvalue weighted by Gasteiger charge is -2.56. The van der Waals surface area contributed by atoms with Crippen LogP contribution in [0.2, 0.25) is 0 Å². The largest absolute Gasteiger partial charge is 0.393 e. The average molecular weight is 304 g/mol. The van der Waals surface area contributed by atoms with Crippen molar-refractivity contribution in [3.63, 3.8) is 0 Å². The van der Waals surface area contributed by atoms with Gasteiger partial charge in [-0.1, -0.05) is 19.4 Å². The van der Waals surface area contributed by atoms with Gasteiger partial charge in [0.25, 0.3) is 0 Å². The Morgan fingerprint density at radius 2 is 1.86 bits per heavy atom. The quantitative estimate of drug-likeness (QED) is 0.723. The summed E-state index contributed by atoms with van der Waals surface area (Å²) in [4.78, 5) is 12.9. The molecule has 0 aromatic carbocycles. The van der Waals surface area contributed by atoms with E-state index in [0.29, 0.717) is 18.3 Å². The minimum atomic E-state index is -0.272. The normalized spacial score (nSPS) is 54.3. The maximum Gasteiger partial charge on any atom is 0.159 e. The van der Waals surface area contributed by atoms with Gasteiger partial charge < -0.3 is 10.2 Å². The summed E-state index contributed by atoms with van der Waals surface area (Å²) >= 11 is 0. The van der Waals surface area contributed by atoms with Crippen molar-refractivity contribution in [2.75, 3.05) is 0 Å². The molecular formula is C19H28O3. The van der Waals surface area contributed by atoms with E-state index in [-0.39, 0.29) is 34.7 Å². The number of hydrogen-bond donors (Lipinski definition) is 2. The van der Waals surface area contributed by atoms with Crippen LogP contribution in [0.25, 0.3) is 0 Å². The third-order valence-corrected chi connectivity index (χ3v) is 7.67. The van der Waals surface area contributed by atoms with Crippen molar-refractivity contribution in [1.29, 1.82) is 0 Å². The maximum absolute atomic E-state index is 12.9. The molecule has 0 aromatic heterocycles. The van der Waals surface area contributed by atoms with E-state index in [1.54, 1.807) is 0 Å². The number of carbonyl (C=O) groups is 1. The molecule has 0 heterocycles. The maximum atomic E-state index is 12.9. The van der Waals surface area contributed by atoms with Gasteiger partial charge in [-0.15, -0.1) is 0 Å².